The van der Waals surface area contributed by atoms with Gasteiger partial charge in [-0.2, -0.15) is 0 Å². The van der Waals surface area contributed by atoms with Gasteiger partial charge in [-0.05, 0) is 50.0 Å². The van der Waals surface area contributed by atoms with Crippen LogP contribution in [0.2, 0.25) is 0 Å². The van der Waals surface area contributed by atoms with Crippen LogP contribution in [0.3, 0.4) is 0 Å². The molecule has 2 aromatic carbocycles. The Morgan fingerprint density at radius 1 is 1.10 bits per heavy atom. The van der Waals surface area contributed by atoms with E-state index < -0.39 is 0 Å². The van der Waals surface area contributed by atoms with Crippen LogP contribution >= 0.6 is 11.8 Å². The molecule has 0 heterocycles. The summed E-state index contributed by atoms with van der Waals surface area (Å²) in [5, 5.41) is 6.13. The number of para-hydroxylation sites is 1. The molecular formula is C17H20N2OS. The molecule has 4 heteroatoms. The molecule has 0 radical (unpaired) electrons. The lowest BCUT2D eigenvalue weighted by molar-refractivity contribution is 0.102. The van der Waals surface area contributed by atoms with Crippen LogP contribution in [-0.2, 0) is 6.42 Å². The topological polar surface area (TPSA) is 41.1 Å². The van der Waals surface area contributed by atoms with Crippen LogP contribution in [0, 0.1) is 0 Å². The number of anilines is 1. The molecular weight excluding hydrogens is 280 g/mol. The zero-order chi connectivity index (χ0) is 15.1. The smallest absolute Gasteiger partial charge is 0.255 e. The highest BCUT2D eigenvalue weighted by molar-refractivity contribution is 7.98. The van der Waals surface area contributed by atoms with Gasteiger partial charge in [-0.1, -0.05) is 30.3 Å². The molecule has 0 aliphatic rings. The fourth-order valence-electron chi connectivity index (χ4n) is 2.16. The first kappa shape index (κ1) is 15.6. The molecule has 110 valence electrons. The van der Waals surface area contributed by atoms with Gasteiger partial charge in [0.2, 0.25) is 0 Å². The third-order valence-electron chi connectivity index (χ3n) is 3.26. The van der Waals surface area contributed by atoms with E-state index in [0.717, 1.165) is 34.7 Å². The molecule has 0 saturated heterocycles. The SMILES string of the molecule is CNCCc1ccccc1C(=O)Nc1ccccc1SC. The van der Waals surface area contributed by atoms with Gasteiger partial charge in [0.25, 0.3) is 5.91 Å². The van der Waals surface area contributed by atoms with Crippen molar-refractivity contribution in [1.82, 2.24) is 5.32 Å². The van der Waals surface area contributed by atoms with E-state index in [1.165, 1.54) is 0 Å². The average Bonchev–Trinajstić information content (AvgIpc) is 2.53. The van der Waals surface area contributed by atoms with Crippen LogP contribution in [-0.4, -0.2) is 25.8 Å². The minimum atomic E-state index is -0.0526. The highest BCUT2D eigenvalue weighted by Crippen LogP contribution is 2.25. The number of nitrogens with one attached hydrogen (secondary N) is 2. The van der Waals surface area contributed by atoms with Gasteiger partial charge < -0.3 is 10.6 Å². The summed E-state index contributed by atoms with van der Waals surface area (Å²) in [7, 11) is 1.91. The number of hydrogen-bond donors (Lipinski definition) is 2. The molecule has 0 spiro atoms. The molecule has 21 heavy (non-hydrogen) atoms. The highest BCUT2D eigenvalue weighted by atomic mass is 32.2. The van der Waals surface area contributed by atoms with Gasteiger partial charge in [0, 0.05) is 10.5 Å². The fraction of sp³-hybridized carbons (Fsp3) is 0.235. The summed E-state index contributed by atoms with van der Waals surface area (Å²) in [6, 6.07) is 15.6. The second-order valence-electron chi connectivity index (χ2n) is 4.67. The van der Waals surface area contributed by atoms with E-state index in [1.807, 2.05) is 61.8 Å². The minimum Gasteiger partial charge on any atom is -0.321 e. The number of carbonyl (C=O) groups is 1. The van der Waals surface area contributed by atoms with Crippen molar-refractivity contribution in [1.29, 1.82) is 0 Å². The van der Waals surface area contributed by atoms with Crippen molar-refractivity contribution in [3.8, 4) is 0 Å². The zero-order valence-corrected chi connectivity index (χ0v) is 13.2. The second-order valence-corrected chi connectivity index (χ2v) is 5.51. The third kappa shape index (κ3) is 4.09. The third-order valence-corrected chi connectivity index (χ3v) is 4.06. The van der Waals surface area contributed by atoms with E-state index in [9.17, 15) is 4.79 Å². The Morgan fingerprint density at radius 3 is 2.57 bits per heavy atom. The highest BCUT2D eigenvalue weighted by Gasteiger charge is 2.12. The summed E-state index contributed by atoms with van der Waals surface area (Å²) in [6.07, 6.45) is 2.84. The van der Waals surface area contributed by atoms with Crippen LogP contribution < -0.4 is 10.6 Å². The lowest BCUT2D eigenvalue weighted by atomic mass is 10.0. The van der Waals surface area contributed by atoms with Gasteiger partial charge in [-0.25, -0.2) is 0 Å². The van der Waals surface area contributed by atoms with Crippen LogP contribution in [0.5, 0.6) is 0 Å². The summed E-state index contributed by atoms with van der Waals surface area (Å²) in [6.45, 7) is 0.853. The maximum absolute atomic E-state index is 12.5. The monoisotopic (exact) mass is 300 g/mol. The van der Waals surface area contributed by atoms with E-state index in [2.05, 4.69) is 10.6 Å². The van der Waals surface area contributed by atoms with Gasteiger partial charge in [0.15, 0.2) is 0 Å². The first-order valence-electron chi connectivity index (χ1n) is 6.93. The number of benzene rings is 2. The van der Waals surface area contributed by atoms with E-state index >= 15 is 0 Å². The number of hydrogen-bond acceptors (Lipinski definition) is 3. The van der Waals surface area contributed by atoms with Gasteiger partial charge >= 0.3 is 0 Å². The molecule has 0 aliphatic heterocycles. The first-order valence-corrected chi connectivity index (χ1v) is 8.15. The largest absolute Gasteiger partial charge is 0.321 e. The van der Waals surface area contributed by atoms with E-state index in [0.29, 0.717) is 0 Å². The van der Waals surface area contributed by atoms with Gasteiger partial charge in [-0.15, -0.1) is 11.8 Å². The molecule has 0 aromatic heterocycles. The van der Waals surface area contributed by atoms with Crippen molar-refractivity contribution in [3.63, 3.8) is 0 Å². The molecule has 0 atom stereocenters. The second kappa shape index (κ2) is 7.86. The summed E-state index contributed by atoms with van der Waals surface area (Å²) in [5.41, 5.74) is 2.66. The predicted molar refractivity (Wildman–Crippen MR) is 90.2 cm³/mol. The Labute approximate surface area is 130 Å². The number of rotatable bonds is 6. The van der Waals surface area contributed by atoms with Crippen LogP contribution in [0.4, 0.5) is 5.69 Å². The summed E-state index contributed by atoms with van der Waals surface area (Å²) in [4.78, 5) is 13.6. The van der Waals surface area contributed by atoms with Crippen molar-refractivity contribution in [3.05, 3.63) is 59.7 Å². The normalized spacial score (nSPS) is 10.4. The Kier molecular flexibility index (Phi) is 5.84. The Morgan fingerprint density at radius 2 is 1.81 bits per heavy atom. The van der Waals surface area contributed by atoms with Gasteiger partial charge in [0.05, 0.1) is 5.69 Å². The van der Waals surface area contributed by atoms with Crippen molar-refractivity contribution < 1.29 is 4.79 Å². The lowest BCUT2D eigenvalue weighted by Gasteiger charge is -2.12. The lowest BCUT2D eigenvalue weighted by Crippen LogP contribution is -2.17. The van der Waals surface area contributed by atoms with Crippen molar-refractivity contribution >= 4 is 23.4 Å². The summed E-state index contributed by atoms with van der Waals surface area (Å²) >= 11 is 1.63. The molecule has 1 amide bonds. The van der Waals surface area contributed by atoms with E-state index in [4.69, 9.17) is 0 Å². The molecule has 0 saturated carbocycles. The van der Waals surface area contributed by atoms with Crippen molar-refractivity contribution in [2.24, 2.45) is 0 Å². The number of carbonyl (C=O) groups excluding carboxylic acids is 1. The first-order chi connectivity index (χ1) is 10.3. The molecule has 2 aromatic rings. The van der Waals surface area contributed by atoms with Gasteiger partial charge in [0.1, 0.15) is 0 Å². The molecule has 3 nitrogen and oxygen atoms in total. The van der Waals surface area contributed by atoms with Crippen molar-refractivity contribution in [2.45, 2.75) is 11.3 Å². The molecule has 0 aliphatic carbocycles. The Balaban J connectivity index is 2.20. The van der Waals surface area contributed by atoms with Crippen molar-refractivity contribution in [2.75, 3.05) is 25.2 Å². The molecule has 0 fully saturated rings. The van der Waals surface area contributed by atoms with Crippen LogP contribution in [0.25, 0.3) is 0 Å². The quantitative estimate of drug-likeness (QED) is 0.803. The summed E-state index contributed by atoms with van der Waals surface area (Å²) < 4.78 is 0. The Bertz CT molecular complexity index is 613. The maximum Gasteiger partial charge on any atom is 0.255 e. The van der Waals surface area contributed by atoms with E-state index in [1.54, 1.807) is 11.8 Å². The molecule has 2 N–H and O–H groups in total. The molecule has 0 unspecified atom stereocenters. The number of amides is 1. The average molecular weight is 300 g/mol. The number of likely N-dealkylation sites (N-methyl/N-ethyl adjacent to an activating group) is 1. The van der Waals surface area contributed by atoms with Gasteiger partial charge in [-0.3, -0.25) is 4.79 Å². The predicted octanol–water partition coefficient (Wildman–Crippen LogP) is 3.42. The number of thioether (sulfide) groups is 1. The molecule has 0 bridgehead atoms. The maximum atomic E-state index is 12.5. The Hall–Kier alpha value is -1.78. The van der Waals surface area contributed by atoms with Crippen LogP contribution in [0.15, 0.2) is 53.4 Å². The standard InChI is InChI=1S/C17H20N2OS/c1-18-12-11-13-7-3-4-8-14(13)17(20)19-15-9-5-6-10-16(15)21-2/h3-10,18H,11-12H2,1-2H3,(H,19,20). The zero-order valence-electron chi connectivity index (χ0n) is 12.3. The molecule has 2 rings (SSSR count). The van der Waals surface area contributed by atoms with Crippen LogP contribution in [0.1, 0.15) is 15.9 Å². The fourth-order valence-corrected chi connectivity index (χ4v) is 2.71. The summed E-state index contributed by atoms with van der Waals surface area (Å²) in [5.74, 6) is -0.0526. The minimum absolute atomic E-state index is 0.0526. The van der Waals surface area contributed by atoms with E-state index in [-0.39, 0.29) is 5.91 Å².